The maximum atomic E-state index is 10.2. The van der Waals surface area contributed by atoms with E-state index in [1.165, 1.54) is 19.3 Å². The Hall–Kier alpha value is -0.860. The number of hydrogen-bond donors (Lipinski definition) is 1. The highest BCUT2D eigenvalue weighted by atomic mass is 16.4. The molecule has 3 heteroatoms. The van der Waals surface area contributed by atoms with Crippen molar-refractivity contribution in [3.05, 3.63) is 0 Å². The van der Waals surface area contributed by atoms with Gasteiger partial charge in [-0.25, -0.2) is 0 Å². The van der Waals surface area contributed by atoms with Gasteiger partial charge in [-0.3, -0.25) is 4.79 Å². The zero-order valence-electron chi connectivity index (χ0n) is 15.5. The topological polar surface area (TPSA) is 54.4 Å². The third-order valence-corrected chi connectivity index (χ3v) is 1.38. The van der Waals surface area contributed by atoms with Crippen LogP contribution in [0, 0.1) is 0 Å². The Kier molecular flexibility index (Phi) is 67.6. The molecule has 0 saturated heterocycles. The fourth-order valence-corrected chi connectivity index (χ4v) is 0.426. The van der Waals surface area contributed by atoms with Crippen molar-refractivity contribution in [2.24, 2.45) is 0 Å². The van der Waals surface area contributed by atoms with Crippen LogP contribution >= 0.6 is 0 Å². The van der Waals surface area contributed by atoms with Crippen molar-refractivity contribution in [1.29, 1.82) is 0 Å². The van der Waals surface area contributed by atoms with Crippen molar-refractivity contribution in [3.8, 4) is 0 Å². The molecule has 0 fully saturated rings. The van der Waals surface area contributed by atoms with Crippen LogP contribution in [-0.4, -0.2) is 16.9 Å². The zero-order valence-corrected chi connectivity index (χ0v) is 15.5. The Balaban J connectivity index is -0.0000000354. The van der Waals surface area contributed by atoms with Gasteiger partial charge in [-0.1, -0.05) is 74.1 Å². The number of carbonyl (C=O) groups excluding carboxylic acids is 1. The van der Waals surface area contributed by atoms with E-state index in [4.69, 9.17) is 9.90 Å². The number of carboxylic acids is 1. The molecule has 0 aromatic rings. The van der Waals surface area contributed by atoms with E-state index in [9.17, 15) is 4.79 Å². The molecule has 0 aliphatic carbocycles. The summed E-state index contributed by atoms with van der Waals surface area (Å²) in [7, 11) is 0. The summed E-state index contributed by atoms with van der Waals surface area (Å²) in [6.45, 7) is 17.4. The second kappa shape index (κ2) is 42.9. The normalized spacial score (nSPS) is 7.05. The van der Waals surface area contributed by atoms with Gasteiger partial charge in [-0.2, -0.15) is 0 Å². The maximum Gasteiger partial charge on any atom is 0.300 e. The van der Waals surface area contributed by atoms with Crippen LogP contribution in [0.1, 0.15) is 102 Å². The van der Waals surface area contributed by atoms with E-state index in [1.54, 1.807) is 6.92 Å². The second-order valence-corrected chi connectivity index (χ2v) is 4.03. The summed E-state index contributed by atoms with van der Waals surface area (Å²) in [5.74, 6) is -0.526. The minimum absolute atomic E-state index is 0. The quantitative estimate of drug-likeness (QED) is 0.657. The lowest BCUT2D eigenvalue weighted by Gasteiger charge is -1.86. The Bertz CT molecular complexity index is 154. The van der Waals surface area contributed by atoms with E-state index in [1.807, 2.05) is 13.8 Å². The van der Waals surface area contributed by atoms with Gasteiger partial charge in [-0.05, 0) is 13.3 Å². The van der Waals surface area contributed by atoms with Gasteiger partial charge >= 0.3 is 0 Å². The molecule has 20 heavy (non-hydrogen) atoms. The number of hydrogen-bond acceptors (Lipinski definition) is 2. The van der Waals surface area contributed by atoms with Crippen LogP contribution in [0.3, 0.4) is 0 Å². The molecule has 0 aliphatic rings. The fraction of sp³-hybridized carbons (Fsp3) is 0.882. The minimum atomic E-state index is -0.833. The summed E-state index contributed by atoms with van der Waals surface area (Å²) in [4.78, 5) is 19.2. The van der Waals surface area contributed by atoms with E-state index in [0.717, 1.165) is 26.2 Å². The largest absolute Gasteiger partial charge is 0.481 e. The van der Waals surface area contributed by atoms with Crippen LogP contribution in [0.5, 0.6) is 0 Å². The van der Waals surface area contributed by atoms with E-state index in [2.05, 4.69) is 34.6 Å². The molecule has 0 radical (unpaired) electrons. The summed E-state index contributed by atoms with van der Waals surface area (Å²) in [6.07, 6.45) is 6.82. The van der Waals surface area contributed by atoms with Crippen molar-refractivity contribution in [3.63, 3.8) is 0 Å². The fourth-order valence-electron chi connectivity index (χ4n) is 0.426. The molecule has 0 saturated carbocycles. The first-order valence-electron chi connectivity index (χ1n) is 8.02. The third kappa shape index (κ3) is 261. The van der Waals surface area contributed by atoms with Crippen molar-refractivity contribution >= 4 is 11.8 Å². The second-order valence-electron chi connectivity index (χ2n) is 4.03. The van der Waals surface area contributed by atoms with Gasteiger partial charge in [0.1, 0.15) is 5.78 Å². The molecule has 0 aliphatic heterocycles. The van der Waals surface area contributed by atoms with Crippen LogP contribution in [0.4, 0.5) is 0 Å². The summed E-state index contributed by atoms with van der Waals surface area (Å²) in [6, 6.07) is 0. The summed E-state index contributed by atoms with van der Waals surface area (Å²) >= 11 is 0. The van der Waals surface area contributed by atoms with Crippen LogP contribution in [0.2, 0.25) is 0 Å². The van der Waals surface area contributed by atoms with Crippen LogP contribution < -0.4 is 0 Å². The molecule has 0 spiro atoms. The van der Waals surface area contributed by atoms with Gasteiger partial charge < -0.3 is 9.90 Å². The molecule has 128 valence electrons. The highest BCUT2D eigenvalue weighted by Gasteiger charge is 1.87. The maximum absolute atomic E-state index is 10.2. The molecule has 0 heterocycles. The first-order chi connectivity index (χ1) is 9.33. The Labute approximate surface area is 129 Å². The van der Waals surface area contributed by atoms with Crippen LogP contribution in [-0.2, 0) is 9.59 Å². The smallest absolute Gasteiger partial charge is 0.300 e. The third-order valence-electron chi connectivity index (χ3n) is 1.38. The molecule has 0 atom stereocenters. The molecule has 0 amide bonds. The van der Waals surface area contributed by atoms with E-state index in [-0.39, 0.29) is 1.43 Å². The number of ketones is 1. The molecule has 1 N–H and O–H groups in total. The van der Waals surface area contributed by atoms with Crippen molar-refractivity contribution in [1.82, 2.24) is 0 Å². The van der Waals surface area contributed by atoms with Crippen molar-refractivity contribution < 1.29 is 16.1 Å². The average molecular weight is 295 g/mol. The summed E-state index contributed by atoms with van der Waals surface area (Å²) in [5, 5.41) is 7.42. The van der Waals surface area contributed by atoms with Crippen molar-refractivity contribution in [2.75, 3.05) is 0 Å². The van der Waals surface area contributed by atoms with E-state index >= 15 is 0 Å². The zero-order chi connectivity index (χ0) is 17.4. The highest BCUT2D eigenvalue weighted by Crippen LogP contribution is 1.92. The van der Waals surface area contributed by atoms with E-state index < -0.39 is 5.97 Å². The van der Waals surface area contributed by atoms with E-state index in [0.29, 0.717) is 5.78 Å². The average Bonchev–Trinajstić information content (AvgIpc) is 2.39. The Morgan fingerprint density at radius 1 is 0.850 bits per heavy atom. The molecule has 0 bridgehead atoms. The molecular weight excluding hydrogens is 252 g/mol. The predicted octanol–water partition coefficient (Wildman–Crippen LogP) is 6.35. The number of aliphatic carboxylic acids is 1. The van der Waals surface area contributed by atoms with Gasteiger partial charge in [0.2, 0.25) is 0 Å². The molecule has 0 aromatic heterocycles. The summed E-state index contributed by atoms with van der Waals surface area (Å²) in [5.41, 5.74) is 0. The SMILES string of the molecule is CC.CC(=O)O.CCC.CCCC.CCCCC(C)=O.[HH]. The lowest BCUT2D eigenvalue weighted by molar-refractivity contribution is -0.134. The minimum Gasteiger partial charge on any atom is -0.481 e. The van der Waals surface area contributed by atoms with Gasteiger partial charge in [0.15, 0.2) is 0 Å². The van der Waals surface area contributed by atoms with Gasteiger partial charge in [0.05, 0.1) is 0 Å². The standard InChI is InChI=1S/C6H12O.C4H10.C3H8.C2H4O2.C2H6.H2/c1-3-4-5-6(2)7;1-3-4-2;1-3-2;1-2(3)4;1-2;/h3-5H2,1-2H3;3-4H2,1-2H3;3H2,1-2H3;1H3,(H,3,4);1-2H3;1H. The highest BCUT2D eigenvalue weighted by molar-refractivity contribution is 5.75. The first-order valence-corrected chi connectivity index (χ1v) is 8.02. The number of carboxylic acid groups (broad SMARTS) is 1. The van der Waals surface area contributed by atoms with Gasteiger partial charge in [0, 0.05) is 14.8 Å². The number of Topliss-reactive ketones (excluding diaryl/α,β-unsaturated/α-hetero) is 1. The molecule has 0 aromatic carbocycles. The first kappa shape index (κ1) is 31.5. The van der Waals surface area contributed by atoms with Crippen LogP contribution in [0.15, 0.2) is 0 Å². The summed E-state index contributed by atoms with van der Waals surface area (Å²) < 4.78 is 0. The lowest BCUT2D eigenvalue weighted by Crippen LogP contribution is -1.86. The molecule has 3 nitrogen and oxygen atoms in total. The number of rotatable bonds is 4. The molecule has 0 unspecified atom stereocenters. The Morgan fingerprint density at radius 3 is 1.15 bits per heavy atom. The monoisotopic (exact) mass is 294 g/mol. The lowest BCUT2D eigenvalue weighted by atomic mass is 10.2. The van der Waals surface area contributed by atoms with Crippen LogP contribution in [0.25, 0.3) is 0 Å². The van der Waals surface area contributed by atoms with Crippen molar-refractivity contribution in [2.45, 2.75) is 101 Å². The van der Waals surface area contributed by atoms with Gasteiger partial charge in [0.25, 0.3) is 5.97 Å². The number of unbranched alkanes of at least 4 members (excludes halogenated alkanes) is 2. The number of carbonyl (C=O) groups is 2. The predicted molar refractivity (Wildman–Crippen MR) is 93.5 cm³/mol. The Morgan fingerprint density at radius 2 is 1.10 bits per heavy atom. The molecular formula is C17H42O3. The molecule has 0 rings (SSSR count). The van der Waals surface area contributed by atoms with Gasteiger partial charge in [-0.15, -0.1) is 0 Å².